The minimum Gasteiger partial charge on any atom is -0.315 e. The third kappa shape index (κ3) is 1.98. The van der Waals surface area contributed by atoms with Gasteiger partial charge in [-0.2, -0.15) is 0 Å². The average Bonchev–Trinajstić information content (AvgIpc) is 2.72. The van der Waals surface area contributed by atoms with Crippen LogP contribution in [0.15, 0.2) is 30.3 Å². The predicted molar refractivity (Wildman–Crippen MR) is 70.4 cm³/mol. The molecule has 2 fully saturated rings. The van der Waals surface area contributed by atoms with Gasteiger partial charge in [-0.05, 0) is 18.0 Å². The number of rotatable bonds is 1. The van der Waals surface area contributed by atoms with Crippen LogP contribution in [0.5, 0.6) is 0 Å². The van der Waals surface area contributed by atoms with Crippen LogP contribution in [-0.4, -0.2) is 33.0 Å². The topological polar surface area (TPSA) is 46.2 Å². The quantitative estimate of drug-likeness (QED) is 0.830. The summed E-state index contributed by atoms with van der Waals surface area (Å²) in [5.74, 6) is 0.899. The van der Waals surface area contributed by atoms with Crippen molar-refractivity contribution >= 4 is 22.2 Å². The Bertz CT molecular complexity index is 502. The Morgan fingerprint density at radius 3 is 2.65 bits per heavy atom. The van der Waals surface area contributed by atoms with Crippen molar-refractivity contribution in [3.8, 4) is 0 Å². The molecule has 5 heteroatoms. The van der Waals surface area contributed by atoms with Crippen molar-refractivity contribution in [1.29, 1.82) is 0 Å². The lowest BCUT2D eigenvalue weighted by atomic mass is 9.75. The zero-order valence-corrected chi connectivity index (χ0v) is 11.1. The van der Waals surface area contributed by atoms with Gasteiger partial charge in [-0.3, -0.25) is 0 Å². The van der Waals surface area contributed by atoms with Gasteiger partial charge in [-0.1, -0.05) is 30.3 Å². The zero-order valence-electron chi connectivity index (χ0n) is 9.43. The molecule has 0 bridgehead atoms. The Morgan fingerprint density at radius 1 is 1.24 bits per heavy atom. The molecule has 0 spiro atoms. The molecule has 3 rings (SSSR count). The molecule has 1 aromatic carbocycles. The number of hydrogen-bond donors (Lipinski definition) is 1. The molecule has 0 aliphatic carbocycles. The summed E-state index contributed by atoms with van der Waals surface area (Å²) >= 11 is 0. The predicted octanol–water partition coefficient (Wildman–Crippen LogP) is 0.994. The first-order valence-corrected chi connectivity index (χ1v) is 7.41. The largest absolute Gasteiger partial charge is 0.315 e. The molecule has 1 aromatic rings. The summed E-state index contributed by atoms with van der Waals surface area (Å²) in [5.41, 5.74) is 1.01. The molecule has 0 amide bonds. The van der Waals surface area contributed by atoms with E-state index in [0.29, 0.717) is 11.5 Å². The highest BCUT2D eigenvalue weighted by molar-refractivity contribution is 7.91. The highest BCUT2D eigenvalue weighted by atomic mass is 35.5. The van der Waals surface area contributed by atoms with Gasteiger partial charge >= 0.3 is 0 Å². The van der Waals surface area contributed by atoms with E-state index in [1.54, 1.807) is 0 Å². The molecule has 2 unspecified atom stereocenters. The lowest BCUT2D eigenvalue weighted by Gasteiger charge is -2.27. The second-order valence-electron chi connectivity index (χ2n) is 4.90. The first-order valence-electron chi connectivity index (χ1n) is 5.59. The number of halogens is 1. The number of nitrogens with one attached hydrogen (secondary N) is 1. The monoisotopic (exact) mass is 273 g/mol. The van der Waals surface area contributed by atoms with E-state index in [1.807, 2.05) is 18.2 Å². The molecule has 1 N–H and O–H groups in total. The molecule has 2 aliphatic rings. The lowest BCUT2D eigenvalue weighted by Crippen LogP contribution is -2.35. The molecule has 2 saturated heterocycles. The summed E-state index contributed by atoms with van der Waals surface area (Å²) in [6, 6.07) is 10.1. The summed E-state index contributed by atoms with van der Waals surface area (Å²) in [7, 11) is -2.85. The van der Waals surface area contributed by atoms with Crippen LogP contribution in [0.25, 0.3) is 0 Å². The van der Waals surface area contributed by atoms with E-state index < -0.39 is 9.84 Å². The van der Waals surface area contributed by atoms with E-state index in [0.717, 1.165) is 13.1 Å². The SMILES string of the molecule is Cl.O=S1(=O)CC2CNCC2(c2ccccc2)C1. The fourth-order valence-corrected chi connectivity index (χ4v) is 5.60. The van der Waals surface area contributed by atoms with Crippen LogP contribution >= 0.6 is 12.4 Å². The Morgan fingerprint density at radius 2 is 1.94 bits per heavy atom. The van der Waals surface area contributed by atoms with E-state index in [9.17, 15) is 8.42 Å². The van der Waals surface area contributed by atoms with E-state index in [-0.39, 0.29) is 23.7 Å². The van der Waals surface area contributed by atoms with Crippen LogP contribution in [0.2, 0.25) is 0 Å². The highest BCUT2D eigenvalue weighted by Crippen LogP contribution is 2.42. The van der Waals surface area contributed by atoms with Crippen molar-refractivity contribution in [2.45, 2.75) is 5.41 Å². The van der Waals surface area contributed by atoms with Gasteiger partial charge in [-0.25, -0.2) is 8.42 Å². The molecule has 0 aromatic heterocycles. The smallest absolute Gasteiger partial charge is 0.151 e. The maximum absolute atomic E-state index is 11.8. The standard InChI is InChI=1S/C12H15NO2S.ClH/c14-16(15)7-11-6-13-8-12(11,9-16)10-4-2-1-3-5-10;/h1-5,11,13H,6-9H2;1H. The van der Waals surface area contributed by atoms with Gasteiger partial charge in [0.1, 0.15) is 0 Å². The summed E-state index contributed by atoms with van der Waals surface area (Å²) in [5, 5.41) is 3.34. The summed E-state index contributed by atoms with van der Waals surface area (Å²) in [4.78, 5) is 0. The lowest BCUT2D eigenvalue weighted by molar-refractivity contribution is 0.437. The van der Waals surface area contributed by atoms with Crippen LogP contribution < -0.4 is 5.32 Å². The van der Waals surface area contributed by atoms with Crippen LogP contribution in [0.4, 0.5) is 0 Å². The average molecular weight is 274 g/mol. The molecule has 3 nitrogen and oxygen atoms in total. The van der Waals surface area contributed by atoms with Crippen molar-refractivity contribution in [2.75, 3.05) is 24.6 Å². The van der Waals surface area contributed by atoms with Gasteiger partial charge in [0.2, 0.25) is 0 Å². The fourth-order valence-electron chi connectivity index (χ4n) is 3.15. The van der Waals surface area contributed by atoms with Crippen molar-refractivity contribution in [2.24, 2.45) is 5.92 Å². The van der Waals surface area contributed by atoms with Gasteiger partial charge < -0.3 is 5.32 Å². The van der Waals surface area contributed by atoms with Crippen molar-refractivity contribution in [3.63, 3.8) is 0 Å². The Kier molecular flexibility index (Phi) is 3.23. The van der Waals surface area contributed by atoms with Crippen LogP contribution in [0.3, 0.4) is 0 Å². The highest BCUT2D eigenvalue weighted by Gasteiger charge is 2.53. The second-order valence-corrected chi connectivity index (χ2v) is 7.01. The van der Waals surface area contributed by atoms with Crippen LogP contribution in [0.1, 0.15) is 5.56 Å². The molecule has 0 saturated carbocycles. The third-order valence-electron chi connectivity index (χ3n) is 3.89. The fraction of sp³-hybridized carbons (Fsp3) is 0.500. The van der Waals surface area contributed by atoms with E-state index in [4.69, 9.17) is 0 Å². The van der Waals surface area contributed by atoms with Gasteiger partial charge in [0, 0.05) is 12.0 Å². The van der Waals surface area contributed by atoms with Crippen molar-refractivity contribution < 1.29 is 8.42 Å². The van der Waals surface area contributed by atoms with Crippen molar-refractivity contribution in [1.82, 2.24) is 5.32 Å². The van der Waals surface area contributed by atoms with Gasteiger partial charge in [0.25, 0.3) is 0 Å². The molecule has 2 aliphatic heterocycles. The van der Waals surface area contributed by atoms with E-state index >= 15 is 0 Å². The molecule has 2 heterocycles. The molecular weight excluding hydrogens is 258 g/mol. The Labute approximate surface area is 108 Å². The number of benzene rings is 1. The molecule has 2 atom stereocenters. The Balaban J connectivity index is 0.00000108. The molecule has 0 radical (unpaired) electrons. The minimum atomic E-state index is -2.85. The Hall–Kier alpha value is -0.580. The summed E-state index contributed by atoms with van der Waals surface area (Å²) in [6.07, 6.45) is 0. The second kappa shape index (κ2) is 4.26. The maximum atomic E-state index is 11.8. The van der Waals surface area contributed by atoms with Crippen LogP contribution in [-0.2, 0) is 15.3 Å². The zero-order chi connectivity index (χ0) is 11.2. The van der Waals surface area contributed by atoms with E-state index in [2.05, 4.69) is 17.4 Å². The van der Waals surface area contributed by atoms with Crippen LogP contribution in [0, 0.1) is 5.92 Å². The first-order chi connectivity index (χ1) is 7.62. The minimum absolute atomic E-state index is 0. The van der Waals surface area contributed by atoms with Crippen molar-refractivity contribution in [3.05, 3.63) is 35.9 Å². The maximum Gasteiger partial charge on any atom is 0.151 e. The summed E-state index contributed by atoms with van der Waals surface area (Å²) in [6.45, 7) is 1.62. The normalized spacial score (nSPS) is 34.0. The molecule has 17 heavy (non-hydrogen) atoms. The first kappa shape index (κ1) is 12.9. The van der Waals surface area contributed by atoms with E-state index in [1.165, 1.54) is 5.56 Å². The van der Waals surface area contributed by atoms with Gasteiger partial charge in [-0.15, -0.1) is 12.4 Å². The molecular formula is C12H16ClNO2S. The number of fused-ring (bicyclic) bond motifs is 1. The third-order valence-corrected chi connectivity index (χ3v) is 5.76. The summed E-state index contributed by atoms with van der Waals surface area (Å²) < 4.78 is 23.6. The van der Waals surface area contributed by atoms with Gasteiger partial charge in [0.05, 0.1) is 11.5 Å². The van der Waals surface area contributed by atoms with Gasteiger partial charge in [0.15, 0.2) is 9.84 Å². The number of hydrogen-bond acceptors (Lipinski definition) is 3. The number of sulfone groups is 1. The molecule has 94 valence electrons.